The van der Waals surface area contributed by atoms with Crippen molar-refractivity contribution in [2.75, 3.05) is 13.1 Å². The Morgan fingerprint density at radius 3 is 2.67 bits per heavy atom. The zero-order valence-corrected chi connectivity index (χ0v) is 8.32. The molecule has 82 valence electrons. The molecule has 0 saturated heterocycles. The van der Waals surface area contributed by atoms with Crippen LogP contribution in [0.2, 0.25) is 0 Å². The molecule has 0 radical (unpaired) electrons. The van der Waals surface area contributed by atoms with Gasteiger partial charge in [-0.1, -0.05) is 5.92 Å². The van der Waals surface area contributed by atoms with Crippen molar-refractivity contribution in [3.63, 3.8) is 0 Å². The number of hydrogen-bond donors (Lipinski definition) is 3. The summed E-state index contributed by atoms with van der Waals surface area (Å²) in [6.45, 7) is 0.356. The second-order valence-electron chi connectivity index (χ2n) is 3.53. The van der Waals surface area contributed by atoms with E-state index >= 15 is 0 Å². The fourth-order valence-corrected chi connectivity index (χ4v) is 1.28. The average molecular weight is 210 g/mol. The summed E-state index contributed by atoms with van der Waals surface area (Å²) in [4.78, 5) is 22.0. The molecule has 1 fully saturated rings. The number of carbonyl (C=O) groups excluding carboxylic acids is 1. The van der Waals surface area contributed by atoms with E-state index in [1.807, 2.05) is 0 Å². The smallest absolute Gasteiger partial charge is 0.326 e. The summed E-state index contributed by atoms with van der Waals surface area (Å²) in [7, 11) is 0. The van der Waals surface area contributed by atoms with Crippen molar-refractivity contribution in [3.05, 3.63) is 0 Å². The van der Waals surface area contributed by atoms with E-state index in [0.29, 0.717) is 6.54 Å². The zero-order chi connectivity index (χ0) is 11.3. The highest BCUT2D eigenvalue weighted by Crippen LogP contribution is 2.32. The third kappa shape index (κ3) is 4.00. The van der Waals surface area contributed by atoms with E-state index in [1.54, 1.807) is 0 Å². The Morgan fingerprint density at radius 2 is 2.20 bits per heavy atom. The van der Waals surface area contributed by atoms with Gasteiger partial charge in [0, 0.05) is 0 Å². The molecule has 1 atom stereocenters. The topological polar surface area (TPSA) is 78.4 Å². The minimum absolute atomic E-state index is 0.0563. The van der Waals surface area contributed by atoms with Crippen LogP contribution >= 0.6 is 0 Å². The fourth-order valence-electron chi connectivity index (χ4n) is 1.28. The van der Waals surface area contributed by atoms with E-state index in [4.69, 9.17) is 11.5 Å². The van der Waals surface area contributed by atoms with Gasteiger partial charge < -0.3 is 10.4 Å². The lowest BCUT2D eigenvalue weighted by Gasteiger charge is -2.13. The van der Waals surface area contributed by atoms with Crippen LogP contribution in [0.1, 0.15) is 12.8 Å². The minimum atomic E-state index is -0.970. The lowest BCUT2D eigenvalue weighted by molar-refractivity contribution is -0.142. The maximum Gasteiger partial charge on any atom is 0.326 e. The molecule has 0 aromatic rings. The van der Waals surface area contributed by atoms with Crippen molar-refractivity contribution < 1.29 is 14.7 Å². The number of amides is 1. The van der Waals surface area contributed by atoms with Crippen molar-refractivity contribution in [1.29, 1.82) is 0 Å². The van der Waals surface area contributed by atoms with Crippen molar-refractivity contribution in [2.45, 2.75) is 18.9 Å². The van der Waals surface area contributed by atoms with Crippen LogP contribution in [0.4, 0.5) is 0 Å². The van der Waals surface area contributed by atoms with Crippen LogP contribution in [0.15, 0.2) is 0 Å². The predicted molar refractivity (Wildman–Crippen MR) is 54.0 cm³/mol. The maximum atomic E-state index is 11.3. The van der Waals surface area contributed by atoms with Gasteiger partial charge in [0.1, 0.15) is 6.04 Å². The molecule has 1 unspecified atom stereocenters. The van der Waals surface area contributed by atoms with E-state index < -0.39 is 12.0 Å². The first-order valence-corrected chi connectivity index (χ1v) is 4.81. The van der Waals surface area contributed by atoms with E-state index in [1.165, 1.54) is 0 Å². The molecule has 5 heteroatoms. The molecule has 0 aromatic heterocycles. The van der Waals surface area contributed by atoms with Crippen LogP contribution in [0.5, 0.6) is 0 Å². The Balaban J connectivity index is 2.28. The normalized spacial score (nSPS) is 16.5. The molecule has 0 aromatic carbocycles. The van der Waals surface area contributed by atoms with Crippen LogP contribution < -0.4 is 10.6 Å². The molecule has 1 rings (SSSR count). The number of terminal acetylenes is 1. The molecule has 5 nitrogen and oxygen atoms in total. The van der Waals surface area contributed by atoms with Gasteiger partial charge >= 0.3 is 5.97 Å². The van der Waals surface area contributed by atoms with Crippen LogP contribution in [0.25, 0.3) is 0 Å². The molecule has 1 aliphatic carbocycles. The summed E-state index contributed by atoms with van der Waals surface area (Å²) in [6.07, 6.45) is 6.72. The Bertz CT molecular complexity index is 292. The molecule has 1 amide bonds. The van der Waals surface area contributed by atoms with E-state index in [9.17, 15) is 9.59 Å². The molecule has 0 heterocycles. The largest absolute Gasteiger partial charge is 0.480 e. The predicted octanol–water partition coefficient (Wildman–Crippen LogP) is -0.811. The van der Waals surface area contributed by atoms with Gasteiger partial charge in [-0.25, -0.2) is 4.79 Å². The van der Waals surface area contributed by atoms with Crippen LogP contribution in [-0.4, -0.2) is 36.1 Å². The first-order valence-electron chi connectivity index (χ1n) is 4.81. The summed E-state index contributed by atoms with van der Waals surface area (Å²) < 4.78 is 0. The van der Waals surface area contributed by atoms with Crippen molar-refractivity contribution >= 4 is 11.9 Å². The number of aliphatic carboxylic acids is 1. The molecular formula is C10H14N2O3. The second kappa shape index (κ2) is 5.37. The van der Waals surface area contributed by atoms with Gasteiger partial charge in [0.05, 0.1) is 13.1 Å². The van der Waals surface area contributed by atoms with E-state index in [2.05, 4.69) is 16.6 Å². The first kappa shape index (κ1) is 11.5. The first-order chi connectivity index (χ1) is 7.15. The molecular weight excluding hydrogens is 196 g/mol. The molecule has 0 spiro atoms. The van der Waals surface area contributed by atoms with Gasteiger partial charge in [-0.3, -0.25) is 10.1 Å². The summed E-state index contributed by atoms with van der Waals surface area (Å²) in [5.74, 6) is 1.12. The van der Waals surface area contributed by atoms with E-state index in [-0.39, 0.29) is 18.4 Å². The fraction of sp³-hybridized carbons (Fsp3) is 0.600. The number of hydrogen-bond acceptors (Lipinski definition) is 3. The molecule has 1 aliphatic rings. The number of carboxylic acids is 1. The van der Waals surface area contributed by atoms with Gasteiger partial charge in [0.2, 0.25) is 5.91 Å². The standard InChI is InChI=1S/C10H14N2O3/c1-2-5-11-6-8(13)12-9(10(14)15)7-3-4-7/h1,7,9,11H,3-6H2,(H,12,13)(H,14,15). The highest BCUT2D eigenvalue weighted by molar-refractivity contribution is 5.85. The van der Waals surface area contributed by atoms with Gasteiger partial charge in [-0.05, 0) is 18.8 Å². The summed E-state index contributed by atoms with van der Waals surface area (Å²) >= 11 is 0. The Hall–Kier alpha value is -1.54. The van der Waals surface area contributed by atoms with Crippen molar-refractivity contribution in [1.82, 2.24) is 10.6 Å². The van der Waals surface area contributed by atoms with Gasteiger partial charge in [0.15, 0.2) is 0 Å². The lowest BCUT2D eigenvalue weighted by atomic mass is 10.2. The van der Waals surface area contributed by atoms with Crippen LogP contribution in [0.3, 0.4) is 0 Å². The molecule has 0 aliphatic heterocycles. The average Bonchev–Trinajstić information content (AvgIpc) is 2.97. The Morgan fingerprint density at radius 1 is 1.53 bits per heavy atom. The summed E-state index contributed by atoms with van der Waals surface area (Å²) in [6, 6.07) is -0.745. The Kier molecular flexibility index (Phi) is 4.13. The SMILES string of the molecule is C#CCNCC(=O)NC(C(=O)O)C1CC1. The van der Waals surface area contributed by atoms with Gasteiger partial charge in [-0.2, -0.15) is 0 Å². The third-order valence-corrected chi connectivity index (χ3v) is 2.19. The summed E-state index contributed by atoms with van der Waals surface area (Å²) in [5.41, 5.74) is 0. The van der Waals surface area contributed by atoms with Gasteiger partial charge in [0.25, 0.3) is 0 Å². The Labute approximate surface area is 88.2 Å². The third-order valence-electron chi connectivity index (χ3n) is 2.19. The van der Waals surface area contributed by atoms with Crippen LogP contribution in [-0.2, 0) is 9.59 Å². The highest BCUT2D eigenvalue weighted by Gasteiger charge is 2.37. The molecule has 15 heavy (non-hydrogen) atoms. The van der Waals surface area contributed by atoms with Crippen LogP contribution in [0, 0.1) is 18.3 Å². The van der Waals surface area contributed by atoms with Crippen molar-refractivity contribution in [3.8, 4) is 12.3 Å². The molecule has 3 N–H and O–H groups in total. The number of carboxylic acid groups (broad SMARTS) is 1. The van der Waals surface area contributed by atoms with E-state index in [0.717, 1.165) is 12.8 Å². The summed E-state index contributed by atoms with van der Waals surface area (Å²) in [5, 5.41) is 14.0. The lowest BCUT2D eigenvalue weighted by Crippen LogP contribution is -2.45. The second-order valence-corrected chi connectivity index (χ2v) is 3.53. The molecule has 0 bridgehead atoms. The monoisotopic (exact) mass is 210 g/mol. The number of rotatable bonds is 6. The highest BCUT2D eigenvalue weighted by atomic mass is 16.4. The van der Waals surface area contributed by atoms with Crippen molar-refractivity contribution in [2.24, 2.45) is 5.92 Å². The minimum Gasteiger partial charge on any atom is -0.480 e. The number of carbonyl (C=O) groups is 2. The van der Waals surface area contributed by atoms with Gasteiger partial charge in [-0.15, -0.1) is 6.42 Å². The zero-order valence-electron chi connectivity index (χ0n) is 8.32. The molecule has 1 saturated carbocycles. The number of nitrogens with one attached hydrogen (secondary N) is 2. The maximum absolute atomic E-state index is 11.3. The quantitative estimate of drug-likeness (QED) is 0.396.